The van der Waals surface area contributed by atoms with Crippen LogP contribution in [0.15, 0.2) is 66.7 Å². The number of para-hydroxylation sites is 2. The van der Waals surface area contributed by atoms with Gasteiger partial charge in [-0.1, -0.05) is 61.5 Å². The monoisotopic (exact) mass is 426 g/mol. The number of nitrogens with zero attached hydrogens (tertiary/aromatic N) is 1. The smallest absolute Gasteiger partial charge is 0.238 e. The molecular formula is C26H22N2O4. The van der Waals surface area contributed by atoms with E-state index >= 15 is 0 Å². The van der Waals surface area contributed by atoms with Gasteiger partial charge < -0.3 is 5.21 Å². The molecule has 1 heterocycles. The molecule has 2 amide bonds. The molecule has 32 heavy (non-hydrogen) atoms. The quantitative estimate of drug-likeness (QED) is 0.498. The maximum Gasteiger partial charge on any atom is 0.238 e. The number of hydrogen-bond acceptors (Lipinski definition) is 4. The number of nitrogens with one attached hydrogen (secondary N) is 1. The lowest BCUT2D eigenvalue weighted by atomic mass is 9.55. The van der Waals surface area contributed by atoms with Crippen LogP contribution in [0, 0.1) is 17.0 Å². The van der Waals surface area contributed by atoms with E-state index in [0.717, 1.165) is 33.6 Å². The Labute approximate surface area is 185 Å². The van der Waals surface area contributed by atoms with Crippen LogP contribution >= 0.6 is 0 Å². The lowest BCUT2D eigenvalue weighted by molar-refractivity contribution is -0.990. The van der Waals surface area contributed by atoms with E-state index in [1.54, 1.807) is 18.2 Å². The molecule has 5 unspecified atom stereocenters. The fourth-order valence-corrected chi connectivity index (χ4v) is 6.08. The lowest BCUT2D eigenvalue weighted by Crippen LogP contribution is -2.99. The first kappa shape index (κ1) is 19.4. The van der Waals surface area contributed by atoms with Gasteiger partial charge in [0.15, 0.2) is 5.69 Å². The highest BCUT2D eigenvalue weighted by atomic mass is 16.8. The number of hydrogen-bond donors (Lipinski definition) is 2. The molecule has 7 rings (SSSR count). The molecule has 3 aliphatic carbocycles. The molecule has 1 fully saturated rings. The SMILES string of the molecule is CCc1ccc2c(c1)C1c3ccccc3C2C2C(=O)N(c3ccccc3[NH+]([O-])O)C(=O)C12. The molecule has 160 valence electrons. The highest BCUT2D eigenvalue weighted by Crippen LogP contribution is 2.61. The molecule has 0 radical (unpaired) electrons. The van der Waals surface area contributed by atoms with Crippen LogP contribution in [-0.2, 0) is 16.0 Å². The summed E-state index contributed by atoms with van der Waals surface area (Å²) >= 11 is 0. The fourth-order valence-electron chi connectivity index (χ4n) is 6.08. The average molecular weight is 426 g/mol. The third-order valence-corrected chi connectivity index (χ3v) is 7.39. The van der Waals surface area contributed by atoms with Crippen molar-refractivity contribution >= 4 is 23.2 Å². The van der Waals surface area contributed by atoms with Gasteiger partial charge in [0.05, 0.1) is 11.8 Å². The lowest BCUT2D eigenvalue weighted by Gasteiger charge is -2.46. The molecule has 0 saturated carbocycles. The zero-order valence-corrected chi connectivity index (χ0v) is 17.5. The zero-order chi connectivity index (χ0) is 22.1. The first-order chi connectivity index (χ1) is 15.5. The van der Waals surface area contributed by atoms with Crippen molar-refractivity contribution in [1.29, 1.82) is 0 Å². The predicted molar refractivity (Wildman–Crippen MR) is 118 cm³/mol. The Hall–Kier alpha value is -3.32. The van der Waals surface area contributed by atoms with Crippen LogP contribution in [0.2, 0.25) is 0 Å². The summed E-state index contributed by atoms with van der Waals surface area (Å²) in [5.74, 6) is -2.07. The van der Waals surface area contributed by atoms with Crippen LogP contribution < -0.4 is 10.1 Å². The first-order valence-corrected chi connectivity index (χ1v) is 10.9. The molecule has 0 aromatic heterocycles. The predicted octanol–water partition coefficient (Wildman–Crippen LogP) is 3.05. The Balaban J connectivity index is 1.56. The maximum atomic E-state index is 13.8. The topological polar surface area (TPSA) is 85.1 Å². The van der Waals surface area contributed by atoms with Crippen molar-refractivity contribution in [3.63, 3.8) is 0 Å². The van der Waals surface area contributed by atoms with Crippen molar-refractivity contribution in [2.24, 2.45) is 11.8 Å². The Kier molecular flexibility index (Phi) is 4.14. The molecule has 2 bridgehead atoms. The highest BCUT2D eigenvalue weighted by Gasteiger charge is 2.62. The minimum absolute atomic E-state index is 0.0384. The van der Waals surface area contributed by atoms with Crippen LogP contribution in [0.5, 0.6) is 0 Å². The van der Waals surface area contributed by atoms with Crippen LogP contribution in [0.25, 0.3) is 0 Å². The van der Waals surface area contributed by atoms with Crippen LogP contribution in [-0.4, -0.2) is 17.0 Å². The summed E-state index contributed by atoms with van der Waals surface area (Å²) in [5.41, 5.74) is 5.77. The largest absolute Gasteiger partial charge is 0.595 e. The Morgan fingerprint density at radius 2 is 1.41 bits per heavy atom. The van der Waals surface area contributed by atoms with E-state index in [1.807, 2.05) is 12.1 Å². The van der Waals surface area contributed by atoms with E-state index in [4.69, 9.17) is 0 Å². The van der Waals surface area contributed by atoms with E-state index < -0.39 is 17.1 Å². The van der Waals surface area contributed by atoms with Gasteiger partial charge in [0.1, 0.15) is 5.69 Å². The Morgan fingerprint density at radius 1 is 0.844 bits per heavy atom. The number of anilines is 1. The van der Waals surface area contributed by atoms with Crippen molar-refractivity contribution in [3.05, 3.63) is 99.8 Å². The highest BCUT2D eigenvalue weighted by molar-refractivity contribution is 6.24. The Bertz CT molecular complexity index is 1280. The minimum atomic E-state index is -1.15. The molecular weight excluding hydrogens is 404 g/mol. The second-order valence-corrected chi connectivity index (χ2v) is 8.79. The Morgan fingerprint density at radius 3 is 2.03 bits per heavy atom. The number of carbonyl (C=O) groups is 2. The minimum Gasteiger partial charge on any atom is -0.595 e. The third kappa shape index (κ3) is 2.40. The van der Waals surface area contributed by atoms with E-state index in [2.05, 4.69) is 37.3 Å². The van der Waals surface area contributed by atoms with Gasteiger partial charge in [-0.05, 0) is 40.3 Å². The molecule has 2 N–H and O–H groups in total. The number of benzene rings is 3. The number of carbonyl (C=O) groups excluding carboxylic acids is 2. The van der Waals surface area contributed by atoms with Crippen molar-refractivity contribution in [2.45, 2.75) is 25.2 Å². The summed E-state index contributed by atoms with van der Waals surface area (Å²) in [5, 5.41) is 20.3. The van der Waals surface area contributed by atoms with Crippen LogP contribution in [0.3, 0.4) is 0 Å². The molecule has 0 spiro atoms. The molecule has 1 saturated heterocycles. The van der Waals surface area contributed by atoms with Crippen molar-refractivity contribution in [3.8, 4) is 0 Å². The van der Waals surface area contributed by atoms with Crippen LogP contribution in [0.4, 0.5) is 11.4 Å². The van der Waals surface area contributed by atoms with Gasteiger partial charge in [0.2, 0.25) is 11.8 Å². The van der Waals surface area contributed by atoms with Crippen molar-refractivity contribution < 1.29 is 20.0 Å². The number of aryl methyl sites for hydroxylation is 1. The average Bonchev–Trinajstić information content (AvgIpc) is 3.09. The van der Waals surface area contributed by atoms with Crippen LogP contribution in [0.1, 0.15) is 46.6 Å². The van der Waals surface area contributed by atoms with Crippen molar-refractivity contribution in [1.82, 2.24) is 0 Å². The van der Waals surface area contributed by atoms with Crippen molar-refractivity contribution in [2.75, 3.05) is 4.90 Å². The summed E-state index contributed by atoms with van der Waals surface area (Å²) in [6.45, 7) is 2.11. The van der Waals surface area contributed by atoms with E-state index in [9.17, 15) is 20.0 Å². The first-order valence-electron chi connectivity index (χ1n) is 10.9. The summed E-state index contributed by atoms with van der Waals surface area (Å²) in [7, 11) is 0. The number of amides is 2. The van der Waals surface area contributed by atoms with E-state index in [1.165, 1.54) is 11.6 Å². The van der Waals surface area contributed by atoms with Gasteiger partial charge in [-0.15, -0.1) is 0 Å². The van der Waals surface area contributed by atoms with E-state index in [-0.39, 0.29) is 35.0 Å². The molecule has 3 aromatic rings. The van der Waals surface area contributed by atoms with Gasteiger partial charge in [0.25, 0.3) is 0 Å². The summed E-state index contributed by atoms with van der Waals surface area (Å²) < 4.78 is 0. The van der Waals surface area contributed by atoms with Gasteiger partial charge in [0, 0.05) is 17.9 Å². The summed E-state index contributed by atoms with van der Waals surface area (Å²) in [6, 6.07) is 20.7. The molecule has 5 atom stereocenters. The summed E-state index contributed by atoms with van der Waals surface area (Å²) in [6.07, 6.45) is 0.894. The molecule has 6 heteroatoms. The van der Waals surface area contributed by atoms with Gasteiger partial charge in [-0.3, -0.25) is 9.59 Å². The maximum absolute atomic E-state index is 13.8. The normalized spacial score (nSPS) is 26.0. The van der Waals surface area contributed by atoms with E-state index in [0.29, 0.717) is 0 Å². The molecule has 1 aliphatic heterocycles. The standard InChI is InChI=1S/C26H22N2O4/c1-2-14-11-12-17-18(13-14)22-16-8-4-3-7-15(16)21(17)23-24(22)26(30)27(25(23)29)19-9-5-6-10-20(19)28(31)32/h3-13,21-24,28,31H,2H2,1H3. The second-order valence-electron chi connectivity index (χ2n) is 8.79. The molecule has 6 nitrogen and oxygen atoms in total. The third-order valence-electron chi connectivity index (χ3n) is 7.39. The number of imide groups is 1. The second kappa shape index (κ2) is 6.84. The molecule has 4 aliphatic rings. The fraction of sp³-hybridized carbons (Fsp3) is 0.231. The van der Waals surface area contributed by atoms with Gasteiger partial charge in [-0.25, -0.2) is 10.1 Å². The summed E-state index contributed by atoms with van der Waals surface area (Å²) in [4.78, 5) is 28.7. The number of quaternary nitrogens is 1. The van der Waals surface area contributed by atoms with Gasteiger partial charge in [-0.2, -0.15) is 5.23 Å². The molecule has 3 aromatic carbocycles. The van der Waals surface area contributed by atoms with Gasteiger partial charge >= 0.3 is 0 Å². The number of rotatable bonds is 3. The zero-order valence-electron chi connectivity index (χ0n) is 17.5.